The molecule has 1 amide bonds. The molecule has 2 rings (SSSR count). The topological polar surface area (TPSA) is 73.9 Å². The summed E-state index contributed by atoms with van der Waals surface area (Å²) in [6.07, 6.45) is 0. The summed E-state index contributed by atoms with van der Waals surface area (Å²) in [7, 11) is 2.87. The monoisotopic (exact) mass is 377 g/mol. The zero-order chi connectivity index (χ0) is 19.1. The molecule has 0 heterocycles. The molecule has 7 heteroatoms. The zero-order valence-corrected chi connectivity index (χ0v) is 15.5. The van der Waals surface area contributed by atoms with Gasteiger partial charge in [0, 0.05) is 5.02 Å². The van der Waals surface area contributed by atoms with Gasteiger partial charge in [-0.25, -0.2) is 4.79 Å². The fourth-order valence-electron chi connectivity index (χ4n) is 2.40. The van der Waals surface area contributed by atoms with Crippen LogP contribution in [0.5, 0.6) is 11.5 Å². The van der Waals surface area contributed by atoms with Crippen LogP contribution >= 0.6 is 11.6 Å². The lowest BCUT2D eigenvalue weighted by Gasteiger charge is -2.15. The number of methoxy groups -OCH3 is 2. The van der Waals surface area contributed by atoms with Crippen molar-refractivity contribution < 1.29 is 23.8 Å². The first-order chi connectivity index (χ1) is 12.5. The van der Waals surface area contributed by atoms with Gasteiger partial charge in [0.25, 0.3) is 5.91 Å². The molecule has 2 aromatic rings. The van der Waals surface area contributed by atoms with Crippen LogP contribution in [0.4, 0.5) is 0 Å². The second-order valence-corrected chi connectivity index (χ2v) is 5.89. The Kier molecular flexibility index (Phi) is 6.86. The Bertz CT molecular complexity index is 771. The van der Waals surface area contributed by atoms with Crippen LogP contribution in [-0.4, -0.2) is 32.7 Å². The molecule has 0 aliphatic rings. The van der Waals surface area contributed by atoms with Crippen molar-refractivity contribution in [3.8, 4) is 11.5 Å². The Morgan fingerprint density at radius 1 is 1.08 bits per heavy atom. The molecular weight excluding hydrogens is 358 g/mol. The highest BCUT2D eigenvalue weighted by Gasteiger charge is 2.21. The quantitative estimate of drug-likeness (QED) is 0.748. The zero-order valence-electron chi connectivity index (χ0n) is 14.7. The van der Waals surface area contributed by atoms with E-state index in [0.717, 1.165) is 5.56 Å². The van der Waals surface area contributed by atoms with E-state index < -0.39 is 18.5 Å². The molecule has 0 aliphatic heterocycles. The molecule has 1 N–H and O–H groups in total. The molecule has 138 valence electrons. The number of benzene rings is 2. The SMILES string of the molecule is COc1cccc(OC)c1C(=O)OCC(=O)N[C@H](C)c1cccc(Cl)c1. The average molecular weight is 378 g/mol. The van der Waals surface area contributed by atoms with E-state index in [2.05, 4.69) is 5.32 Å². The Hall–Kier alpha value is -2.73. The Balaban J connectivity index is 1.98. The minimum absolute atomic E-state index is 0.133. The van der Waals surface area contributed by atoms with Gasteiger partial charge in [0.2, 0.25) is 0 Å². The van der Waals surface area contributed by atoms with Crippen LogP contribution in [0.1, 0.15) is 28.9 Å². The van der Waals surface area contributed by atoms with Gasteiger partial charge in [-0.05, 0) is 36.8 Å². The maximum absolute atomic E-state index is 12.3. The maximum Gasteiger partial charge on any atom is 0.346 e. The lowest BCUT2D eigenvalue weighted by atomic mass is 10.1. The fraction of sp³-hybridized carbons (Fsp3) is 0.263. The van der Waals surface area contributed by atoms with E-state index in [1.54, 1.807) is 36.4 Å². The number of hydrogen-bond donors (Lipinski definition) is 1. The maximum atomic E-state index is 12.3. The average Bonchev–Trinajstić information content (AvgIpc) is 2.65. The molecule has 0 saturated carbocycles. The van der Waals surface area contributed by atoms with Gasteiger partial charge in [-0.2, -0.15) is 0 Å². The highest BCUT2D eigenvalue weighted by molar-refractivity contribution is 6.30. The summed E-state index contributed by atoms with van der Waals surface area (Å²) in [6.45, 7) is 1.39. The lowest BCUT2D eigenvalue weighted by molar-refractivity contribution is -0.124. The van der Waals surface area contributed by atoms with Gasteiger partial charge in [0.05, 0.1) is 20.3 Å². The van der Waals surface area contributed by atoms with E-state index in [4.69, 9.17) is 25.8 Å². The van der Waals surface area contributed by atoms with Crippen LogP contribution in [0.15, 0.2) is 42.5 Å². The first-order valence-corrected chi connectivity index (χ1v) is 8.27. The van der Waals surface area contributed by atoms with Crippen LogP contribution in [0.2, 0.25) is 5.02 Å². The third kappa shape index (κ3) is 4.89. The highest BCUT2D eigenvalue weighted by Crippen LogP contribution is 2.28. The Morgan fingerprint density at radius 3 is 2.27 bits per heavy atom. The smallest absolute Gasteiger partial charge is 0.346 e. The highest BCUT2D eigenvalue weighted by atomic mass is 35.5. The number of carbonyl (C=O) groups is 2. The van der Waals surface area contributed by atoms with Crippen LogP contribution in [0.3, 0.4) is 0 Å². The largest absolute Gasteiger partial charge is 0.496 e. The number of hydrogen-bond acceptors (Lipinski definition) is 5. The summed E-state index contributed by atoms with van der Waals surface area (Å²) in [5.74, 6) is -0.520. The summed E-state index contributed by atoms with van der Waals surface area (Å²) in [5.41, 5.74) is 0.983. The van der Waals surface area contributed by atoms with Crippen molar-refractivity contribution in [1.82, 2.24) is 5.32 Å². The van der Waals surface area contributed by atoms with Crippen molar-refractivity contribution >= 4 is 23.5 Å². The van der Waals surface area contributed by atoms with Crippen molar-refractivity contribution in [2.24, 2.45) is 0 Å². The number of amides is 1. The summed E-state index contributed by atoms with van der Waals surface area (Å²) >= 11 is 5.95. The van der Waals surface area contributed by atoms with Crippen LogP contribution in [0.25, 0.3) is 0 Å². The molecule has 0 spiro atoms. The van der Waals surface area contributed by atoms with Crippen molar-refractivity contribution in [2.75, 3.05) is 20.8 Å². The second kappa shape index (κ2) is 9.10. The van der Waals surface area contributed by atoms with E-state index in [1.165, 1.54) is 14.2 Å². The predicted molar refractivity (Wildman–Crippen MR) is 97.8 cm³/mol. The molecule has 1 atom stereocenters. The van der Waals surface area contributed by atoms with E-state index in [-0.39, 0.29) is 11.6 Å². The van der Waals surface area contributed by atoms with E-state index in [1.807, 2.05) is 13.0 Å². The van der Waals surface area contributed by atoms with Crippen molar-refractivity contribution in [1.29, 1.82) is 0 Å². The number of esters is 1. The van der Waals surface area contributed by atoms with E-state index >= 15 is 0 Å². The van der Waals surface area contributed by atoms with Gasteiger partial charge >= 0.3 is 5.97 Å². The molecule has 26 heavy (non-hydrogen) atoms. The number of ether oxygens (including phenoxy) is 3. The fourth-order valence-corrected chi connectivity index (χ4v) is 2.60. The third-order valence-corrected chi connectivity index (χ3v) is 3.93. The molecule has 6 nitrogen and oxygen atoms in total. The molecule has 0 aromatic heterocycles. The van der Waals surface area contributed by atoms with E-state index in [0.29, 0.717) is 16.5 Å². The minimum Gasteiger partial charge on any atom is -0.496 e. The Labute approximate surface area is 157 Å². The van der Waals surface area contributed by atoms with Gasteiger partial charge < -0.3 is 19.5 Å². The van der Waals surface area contributed by atoms with E-state index in [9.17, 15) is 9.59 Å². The third-order valence-electron chi connectivity index (χ3n) is 3.69. The molecule has 0 aliphatic carbocycles. The summed E-state index contributed by atoms with van der Waals surface area (Å²) in [6, 6.07) is 11.8. The minimum atomic E-state index is -0.704. The summed E-state index contributed by atoms with van der Waals surface area (Å²) < 4.78 is 15.4. The molecule has 0 fully saturated rings. The standard InChI is InChI=1S/C19H20ClNO5/c1-12(13-6-4-7-14(20)10-13)21-17(22)11-26-19(23)18-15(24-2)8-5-9-16(18)25-3/h4-10,12H,11H2,1-3H3,(H,21,22)/t12-/m1/s1. The van der Waals surface area contributed by atoms with Crippen LogP contribution < -0.4 is 14.8 Å². The van der Waals surface area contributed by atoms with Crippen LogP contribution in [0, 0.1) is 0 Å². The molecule has 0 saturated heterocycles. The van der Waals surface area contributed by atoms with Gasteiger partial charge in [-0.3, -0.25) is 4.79 Å². The normalized spacial score (nSPS) is 11.4. The molecule has 0 radical (unpaired) electrons. The van der Waals surface area contributed by atoms with Gasteiger partial charge in [0.15, 0.2) is 6.61 Å². The first-order valence-electron chi connectivity index (χ1n) is 7.89. The van der Waals surface area contributed by atoms with Crippen LogP contribution in [-0.2, 0) is 9.53 Å². The summed E-state index contributed by atoms with van der Waals surface area (Å²) in [4.78, 5) is 24.4. The summed E-state index contributed by atoms with van der Waals surface area (Å²) in [5, 5.41) is 3.33. The predicted octanol–water partition coefficient (Wildman–Crippen LogP) is 3.39. The van der Waals surface area contributed by atoms with Gasteiger partial charge in [-0.15, -0.1) is 0 Å². The molecular formula is C19H20ClNO5. The molecule has 0 bridgehead atoms. The molecule has 0 unspecified atom stereocenters. The number of rotatable bonds is 7. The first kappa shape index (κ1) is 19.6. The lowest BCUT2D eigenvalue weighted by Crippen LogP contribution is -2.31. The van der Waals surface area contributed by atoms with Crippen molar-refractivity contribution in [3.63, 3.8) is 0 Å². The van der Waals surface area contributed by atoms with Gasteiger partial charge in [0.1, 0.15) is 17.1 Å². The molecule has 2 aromatic carbocycles. The van der Waals surface area contributed by atoms with Gasteiger partial charge in [-0.1, -0.05) is 29.8 Å². The van der Waals surface area contributed by atoms with Crippen molar-refractivity contribution in [2.45, 2.75) is 13.0 Å². The number of nitrogens with one attached hydrogen (secondary N) is 1. The number of carbonyl (C=O) groups excluding carboxylic acids is 2. The van der Waals surface area contributed by atoms with Crippen molar-refractivity contribution in [3.05, 3.63) is 58.6 Å². The second-order valence-electron chi connectivity index (χ2n) is 5.46. The number of halogens is 1. The Morgan fingerprint density at radius 2 is 1.69 bits per heavy atom.